The Hall–Kier alpha value is -0.620. The Bertz CT molecular complexity index is 359. The van der Waals surface area contributed by atoms with Gasteiger partial charge in [-0.3, -0.25) is 15.4 Å². The Labute approximate surface area is 82.2 Å². The van der Waals surface area contributed by atoms with Gasteiger partial charge in [0, 0.05) is 6.20 Å². The topological polar surface area (TPSA) is 65.5 Å². The van der Waals surface area contributed by atoms with Gasteiger partial charge in [-0.05, 0) is 22.2 Å². The predicted molar refractivity (Wildman–Crippen MR) is 51.7 cm³/mol. The molecule has 4 nitrogen and oxygen atoms in total. The minimum absolute atomic E-state index is 0.240. The van der Waals surface area contributed by atoms with Crippen LogP contribution in [0.1, 0.15) is 0 Å². The number of nitrogens with zero attached hydrogens (tertiary/aromatic N) is 2. The molecule has 0 aromatic carbocycles. The van der Waals surface area contributed by atoms with E-state index in [1.807, 2.05) is 6.26 Å². The number of hydrogen-bond donors (Lipinski definition) is 2. The van der Waals surface area contributed by atoms with Crippen molar-refractivity contribution in [1.29, 1.82) is 10.8 Å². The summed E-state index contributed by atoms with van der Waals surface area (Å²) in [6.07, 6.45) is 4.50. The molecule has 0 bridgehead atoms. The minimum atomic E-state index is 0.240. The van der Waals surface area contributed by atoms with E-state index in [2.05, 4.69) is 20.9 Å². The zero-order chi connectivity index (χ0) is 9.14. The van der Waals surface area contributed by atoms with Gasteiger partial charge in [0.25, 0.3) is 0 Å². The zero-order valence-corrected chi connectivity index (χ0v) is 8.74. The highest BCUT2D eigenvalue weighted by atomic mass is 79.9. The molecule has 0 spiro atoms. The molecule has 12 heavy (non-hydrogen) atoms. The predicted octanol–water partition coefficient (Wildman–Crippen LogP) is 1.30. The van der Waals surface area contributed by atoms with Crippen molar-refractivity contribution in [2.75, 3.05) is 6.26 Å². The Morgan fingerprint density at radius 3 is 2.92 bits per heavy atom. The summed E-state index contributed by atoms with van der Waals surface area (Å²) in [5, 5.41) is 15.3. The summed E-state index contributed by atoms with van der Waals surface area (Å²) < 4.78 is 1.98. The maximum absolute atomic E-state index is 7.55. The maximum Gasteiger partial charge on any atom is 0.174 e. The van der Waals surface area contributed by atoms with Gasteiger partial charge in [-0.2, -0.15) is 0 Å². The van der Waals surface area contributed by atoms with E-state index in [1.165, 1.54) is 16.3 Å². The van der Waals surface area contributed by atoms with Crippen molar-refractivity contribution in [2.45, 2.75) is 5.16 Å². The highest BCUT2D eigenvalue weighted by molar-refractivity contribution is 9.10. The summed E-state index contributed by atoms with van der Waals surface area (Å²) in [6, 6.07) is 0. The van der Waals surface area contributed by atoms with Crippen molar-refractivity contribution in [2.24, 2.45) is 0 Å². The van der Waals surface area contributed by atoms with Gasteiger partial charge < -0.3 is 0 Å². The van der Waals surface area contributed by atoms with Gasteiger partial charge in [0.2, 0.25) is 0 Å². The van der Waals surface area contributed by atoms with E-state index < -0.39 is 0 Å². The largest absolute Gasteiger partial charge is 0.291 e. The summed E-state index contributed by atoms with van der Waals surface area (Å²) in [7, 11) is 0. The molecule has 0 saturated carbocycles. The third kappa shape index (κ3) is 1.59. The lowest BCUT2D eigenvalue weighted by atomic mass is 10.6. The van der Waals surface area contributed by atoms with Crippen molar-refractivity contribution in [1.82, 2.24) is 9.55 Å². The SMILES string of the molecule is CSc1ncc(Br)c(=N)n1C=N. The van der Waals surface area contributed by atoms with E-state index in [9.17, 15) is 0 Å². The van der Waals surface area contributed by atoms with Crippen LogP contribution in [0.4, 0.5) is 0 Å². The second-order valence-electron chi connectivity index (χ2n) is 1.94. The lowest BCUT2D eigenvalue weighted by molar-refractivity contribution is 0.804. The standard InChI is InChI=1S/C6H7BrN4S/c1-12-6-10-2-4(7)5(9)11(6)3-8/h2-3,8-9H,1H3. The van der Waals surface area contributed by atoms with Crippen LogP contribution in [0.3, 0.4) is 0 Å². The number of rotatable bonds is 2. The van der Waals surface area contributed by atoms with Gasteiger partial charge in [-0.25, -0.2) is 4.98 Å². The summed E-state index contributed by atoms with van der Waals surface area (Å²) >= 11 is 4.57. The molecule has 2 N–H and O–H groups in total. The first-order chi connectivity index (χ1) is 5.70. The molecule has 0 atom stereocenters. The molecule has 1 rings (SSSR count). The van der Waals surface area contributed by atoms with Crippen molar-refractivity contribution in [3.05, 3.63) is 16.2 Å². The van der Waals surface area contributed by atoms with E-state index >= 15 is 0 Å². The average molecular weight is 247 g/mol. The van der Waals surface area contributed by atoms with E-state index in [-0.39, 0.29) is 5.49 Å². The van der Waals surface area contributed by atoms with Crippen LogP contribution in [0, 0.1) is 10.8 Å². The number of nitrogens with one attached hydrogen (secondary N) is 2. The summed E-state index contributed by atoms with van der Waals surface area (Å²) in [5.41, 5.74) is 0.240. The monoisotopic (exact) mass is 246 g/mol. The number of thioether (sulfide) groups is 1. The third-order valence-electron chi connectivity index (χ3n) is 1.27. The zero-order valence-electron chi connectivity index (χ0n) is 6.34. The molecule has 0 amide bonds. The van der Waals surface area contributed by atoms with Crippen molar-refractivity contribution in [3.8, 4) is 0 Å². The van der Waals surface area contributed by atoms with Crippen LogP contribution in [0.25, 0.3) is 0 Å². The molecule has 0 aliphatic rings. The molecule has 1 aromatic heterocycles. The van der Waals surface area contributed by atoms with Crippen LogP contribution in [0.15, 0.2) is 15.8 Å². The van der Waals surface area contributed by atoms with Crippen LogP contribution in [-0.2, 0) is 0 Å². The quantitative estimate of drug-likeness (QED) is 0.358. The number of hydrogen-bond acceptors (Lipinski definition) is 4. The molecular formula is C6H7BrN4S. The van der Waals surface area contributed by atoms with Gasteiger partial charge in [0.15, 0.2) is 5.16 Å². The molecule has 0 saturated heterocycles. The van der Waals surface area contributed by atoms with Crippen LogP contribution in [0.2, 0.25) is 0 Å². The summed E-state index contributed by atoms with van der Waals surface area (Å²) in [4.78, 5) is 4.04. The Kier molecular flexibility index (Phi) is 3.05. The first-order valence-corrected chi connectivity index (χ1v) is 5.08. The van der Waals surface area contributed by atoms with E-state index in [0.717, 1.165) is 6.34 Å². The maximum atomic E-state index is 7.55. The number of aromatic nitrogens is 2. The molecule has 0 unspecified atom stereocenters. The first kappa shape index (κ1) is 9.47. The second kappa shape index (κ2) is 3.86. The Morgan fingerprint density at radius 2 is 2.42 bits per heavy atom. The van der Waals surface area contributed by atoms with Gasteiger partial charge in [0.05, 0.1) is 10.8 Å². The normalized spacial score (nSPS) is 9.83. The Morgan fingerprint density at radius 1 is 1.75 bits per heavy atom. The molecule has 0 aliphatic carbocycles. The third-order valence-corrected chi connectivity index (χ3v) is 2.52. The van der Waals surface area contributed by atoms with E-state index in [4.69, 9.17) is 10.8 Å². The van der Waals surface area contributed by atoms with Crippen molar-refractivity contribution in [3.63, 3.8) is 0 Å². The fraction of sp³-hybridized carbons (Fsp3) is 0.167. The molecule has 1 aromatic rings. The van der Waals surface area contributed by atoms with Crippen LogP contribution in [0.5, 0.6) is 0 Å². The van der Waals surface area contributed by atoms with Gasteiger partial charge in [0.1, 0.15) is 5.49 Å². The number of halogens is 1. The minimum Gasteiger partial charge on any atom is -0.291 e. The fourth-order valence-corrected chi connectivity index (χ4v) is 1.51. The van der Waals surface area contributed by atoms with Gasteiger partial charge in [-0.15, -0.1) is 0 Å². The smallest absolute Gasteiger partial charge is 0.174 e. The van der Waals surface area contributed by atoms with Crippen molar-refractivity contribution >= 4 is 34.0 Å². The molecular weight excluding hydrogens is 240 g/mol. The second-order valence-corrected chi connectivity index (χ2v) is 3.57. The van der Waals surface area contributed by atoms with Crippen molar-refractivity contribution < 1.29 is 0 Å². The van der Waals surface area contributed by atoms with Crippen LogP contribution >= 0.6 is 27.7 Å². The van der Waals surface area contributed by atoms with Crippen LogP contribution in [-0.4, -0.2) is 22.1 Å². The Balaban J connectivity index is 3.46. The molecule has 64 valence electrons. The van der Waals surface area contributed by atoms with Gasteiger partial charge >= 0.3 is 0 Å². The first-order valence-electron chi connectivity index (χ1n) is 3.07. The lowest BCUT2D eigenvalue weighted by Gasteiger charge is -2.04. The molecule has 6 heteroatoms. The molecule has 0 fully saturated rings. The van der Waals surface area contributed by atoms with E-state index in [1.54, 1.807) is 6.20 Å². The molecule has 0 radical (unpaired) electrons. The molecule has 0 aliphatic heterocycles. The summed E-state index contributed by atoms with van der Waals surface area (Å²) in [5.74, 6) is 0. The summed E-state index contributed by atoms with van der Waals surface area (Å²) in [6.45, 7) is 0. The van der Waals surface area contributed by atoms with E-state index in [0.29, 0.717) is 9.63 Å². The lowest BCUT2D eigenvalue weighted by Crippen LogP contribution is -2.22. The average Bonchev–Trinajstić information content (AvgIpc) is 2.09. The highest BCUT2D eigenvalue weighted by Gasteiger charge is 2.01. The van der Waals surface area contributed by atoms with Gasteiger partial charge in [-0.1, -0.05) is 11.8 Å². The highest BCUT2D eigenvalue weighted by Crippen LogP contribution is 2.09. The van der Waals surface area contributed by atoms with Crippen LogP contribution < -0.4 is 5.49 Å². The molecule has 1 heterocycles. The fourth-order valence-electron chi connectivity index (χ4n) is 0.717.